The fraction of sp³-hybridized carbons (Fsp3) is 0. The van der Waals surface area contributed by atoms with Crippen LogP contribution in [0, 0.1) is 28.1 Å². The quantitative estimate of drug-likeness (QED) is 0.267. The zero-order chi connectivity index (χ0) is 7.98. The summed E-state index contributed by atoms with van der Waals surface area (Å²) in [4.78, 5) is 0. The second-order valence-electron chi connectivity index (χ2n) is 1.30. The van der Waals surface area contributed by atoms with Gasteiger partial charge in [-0.05, 0) is 0 Å². The molecule has 0 bridgehead atoms. The largest absolute Gasteiger partial charge is 0.388 e. The molecule has 0 rings (SSSR count). The van der Waals surface area contributed by atoms with Crippen LogP contribution in [0.15, 0.2) is 11.4 Å². The van der Waals surface area contributed by atoms with Crippen molar-refractivity contribution in [2.75, 3.05) is 0 Å². The number of nitrogens with one attached hydrogen (secondary N) is 2. The van der Waals surface area contributed by atoms with Crippen LogP contribution in [-0.4, -0.2) is 6.34 Å². The summed E-state index contributed by atoms with van der Waals surface area (Å²) in [5.74, 6) is 0. The van der Waals surface area contributed by atoms with Crippen molar-refractivity contribution in [1.29, 1.82) is 15.9 Å². The molecule has 0 radical (unpaired) electrons. The smallest absolute Gasteiger partial charge is 0.152 e. The van der Waals surface area contributed by atoms with Gasteiger partial charge < -0.3 is 11.1 Å². The SMILES string of the molecule is N#CC(N)=C(C#N)NC=N. The Bertz CT molecular complexity index is 238. The van der Waals surface area contributed by atoms with Gasteiger partial charge in [-0.3, -0.25) is 5.41 Å². The third-order valence-electron chi connectivity index (χ3n) is 0.718. The molecule has 0 saturated carbocycles. The lowest BCUT2D eigenvalue weighted by Gasteiger charge is -1.93. The molecular weight excluding hydrogens is 130 g/mol. The number of hydrogen-bond donors (Lipinski definition) is 3. The number of rotatable bonds is 2. The van der Waals surface area contributed by atoms with Gasteiger partial charge in [0.05, 0.1) is 6.34 Å². The van der Waals surface area contributed by atoms with Gasteiger partial charge in [0.25, 0.3) is 0 Å². The Balaban J connectivity index is 4.53. The van der Waals surface area contributed by atoms with Gasteiger partial charge in [-0.15, -0.1) is 0 Å². The van der Waals surface area contributed by atoms with Crippen LogP contribution in [0.3, 0.4) is 0 Å². The van der Waals surface area contributed by atoms with Gasteiger partial charge in [0.15, 0.2) is 5.70 Å². The summed E-state index contributed by atoms with van der Waals surface area (Å²) in [6, 6.07) is 3.19. The summed E-state index contributed by atoms with van der Waals surface area (Å²) in [7, 11) is 0. The van der Waals surface area contributed by atoms with Crippen LogP contribution in [0.5, 0.6) is 0 Å². The molecule has 0 fully saturated rings. The highest BCUT2D eigenvalue weighted by atomic mass is 14.9. The highest BCUT2D eigenvalue weighted by Gasteiger charge is 1.97. The first-order chi connectivity index (χ1) is 4.76. The molecule has 50 valence electrons. The molecule has 0 aromatic heterocycles. The lowest BCUT2D eigenvalue weighted by Crippen LogP contribution is -2.14. The molecule has 0 unspecified atom stereocenters. The van der Waals surface area contributed by atoms with Crippen LogP contribution in [0.4, 0.5) is 0 Å². The van der Waals surface area contributed by atoms with E-state index in [1.165, 1.54) is 0 Å². The van der Waals surface area contributed by atoms with Crippen molar-refractivity contribution >= 4 is 6.34 Å². The van der Waals surface area contributed by atoms with Crippen molar-refractivity contribution in [3.05, 3.63) is 11.4 Å². The maximum Gasteiger partial charge on any atom is 0.152 e. The highest BCUT2D eigenvalue weighted by Crippen LogP contribution is 1.88. The number of nitrogens with zero attached hydrogens (tertiary/aromatic N) is 2. The predicted octanol–water partition coefficient (Wildman–Crippen LogP) is -0.599. The lowest BCUT2D eigenvalue weighted by molar-refractivity contribution is 1.14. The minimum Gasteiger partial charge on any atom is -0.388 e. The number of allylic oxidation sites excluding steroid dienone is 2. The van der Waals surface area contributed by atoms with Crippen molar-refractivity contribution in [3.63, 3.8) is 0 Å². The van der Waals surface area contributed by atoms with E-state index >= 15 is 0 Å². The van der Waals surface area contributed by atoms with Crippen molar-refractivity contribution < 1.29 is 0 Å². The second kappa shape index (κ2) is 3.93. The van der Waals surface area contributed by atoms with E-state index in [-0.39, 0.29) is 11.4 Å². The molecule has 5 nitrogen and oxygen atoms in total. The molecule has 0 spiro atoms. The minimum absolute atomic E-state index is 0.0995. The van der Waals surface area contributed by atoms with Crippen molar-refractivity contribution in [2.45, 2.75) is 0 Å². The molecule has 0 aliphatic heterocycles. The van der Waals surface area contributed by atoms with E-state index < -0.39 is 0 Å². The molecule has 0 saturated heterocycles. The molecular formula is C5H5N5. The maximum absolute atomic E-state index is 8.25. The van der Waals surface area contributed by atoms with Gasteiger partial charge in [-0.25, -0.2) is 0 Å². The van der Waals surface area contributed by atoms with Crippen LogP contribution in [0.25, 0.3) is 0 Å². The van der Waals surface area contributed by atoms with Crippen LogP contribution in [0.1, 0.15) is 0 Å². The first kappa shape index (κ1) is 7.99. The Morgan fingerprint density at radius 1 is 1.50 bits per heavy atom. The molecule has 0 amide bonds. The number of nitrogens with two attached hydrogens (primary N) is 1. The zero-order valence-corrected chi connectivity index (χ0v) is 5.05. The van der Waals surface area contributed by atoms with E-state index in [4.69, 9.17) is 21.7 Å². The van der Waals surface area contributed by atoms with Gasteiger partial charge in [0.1, 0.15) is 17.8 Å². The van der Waals surface area contributed by atoms with Gasteiger partial charge in [-0.2, -0.15) is 10.5 Å². The van der Waals surface area contributed by atoms with E-state index in [0.29, 0.717) is 0 Å². The fourth-order valence-corrected chi connectivity index (χ4v) is 0.298. The van der Waals surface area contributed by atoms with E-state index in [0.717, 1.165) is 6.34 Å². The van der Waals surface area contributed by atoms with E-state index in [9.17, 15) is 0 Å². The van der Waals surface area contributed by atoms with E-state index in [2.05, 4.69) is 5.32 Å². The molecule has 0 aromatic rings. The highest BCUT2D eigenvalue weighted by molar-refractivity contribution is 5.57. The molecule has 0 aliphatic carbocycles. The Morgan fingerprint density at radius 2 is 2.10 bits per heavy atom. The number of hydrogen-bond acceptors (Lipinski definition) is 4. The molecule has 10 heavy (non-hydrogen) atoms. The average molecular weight is 135 g/mol. The summed E-state index contributed by atoms with van der Waals surface area (Å²) < 4.78 is 0. The Kier molecular flexibility index (Phi) is 3.14. The van der Waals surface area contributed by atoms with Crippen molar-refractivity contribution in [2.24, 2.45) is 5.73 Å². The maximum atomic E-state index is 8.25. The van der Waals surface area contributed by atoms with Gasteiger partial charge in [-0.1, -0.05) is 0 Å². The molecule has 0 heterocycles. The van der Waals surface area contributed by atoms with E-state index in [1.54, 1.807) is 12.1 Å². The van der Waals surface area contributed by atoms with E-state index in [1.807, 2.05) is 0 Å². The molecule has 0 aliphatic rings. The number of nitriles is 2. The van der Waals surface area contributed by atoms with Crippen molar-refractivity contribution in [1.82, 2.24) is 5.32 Å². The molecule has 0 aromatic carbocycles. The molecule has 4 N–H and O–H groups in total. The molecule has 0 atom stereocenters. The average Bonchev–Trinajstić information content (AvgIpc) is 1.99. The Hall–Kier alpha value is -2.01. The van der Waals surface area contributed by atoms with Crippen LogP contribution in [-0.2, 0) is 0 Å². The van der Waals surface area contributed by atoms with Gasteiger partial charge in [0.2, 0.25) is 0 Å². The fourth-order valence-electron chi connectivity index (χ4n) is 0.298. The normalized spacial score (nSPS) is 10.2. The minimum atomic E-state index is -0.217. The standard InChI is InChI=1S/C5H5N5/c6-1-4(9)5(2-7)10-3-8/h3H,9H2,(H2,8,10). The van der Waals surface area contributed by atoms with Crippen LogP contribution < -0.4 is 11.1 Å². The van der Waals surface area contributed by atoms with Gasteiger partial charge >= 0.3 is 0 Å². The van der Waals surface area contributed by atoms with Gasteiger partial charge in [0, 0.05) is 0 Å². The third kappa shape index (κ3) is 1.85. The molecule has 5 heteroatoms. The Morgan fingerprint density at radius 3 is 2.40 bits per heavy atom. The predicted molar refractivity (Wildman–Crippen MR) is 34.4 cm³/mol. The summed E-state index contributed by atoms with van der Waals surface area (Å²) in [5, 5.41) is 25.1. The van der Waals surface area contributed by atoms with Crippen molar-refractivity contribution in [3.8, 4) is 12.1 Å². The first-order valence-corrected chi connectivity index (χ1v) is 2.31. The summed E-state index contributed by atoms with van der Waals surface area (Å²) in [6.45, 7) is 0. The summed E-state index contributed by atoms with van der Waals surface area (Å²) in [6.07, 6.45) is 0.781. The summed E-state index contributed by atoms with van der Waals surface area (Å²) >= 11 is 0. The topological polar surface area (TPSA) is 109 Å². The second-order valence-corrected chi connectivity index (χ2v) is 1.30. The Labute approximate surface area is 57.9 Å². The first-order valence-electron chi connectivity index (χ1n) is 2.31. The third-order valence-corrected chi connectivity index (χ3v) is 0.718. The van der Waals surface area contributed by atoms with Crippen LogP contribution in [0.2, 0.25) is 0 Å². The zero-order valence-electron chi connectivity index (χ0n) is 5.05. The van der Waals surface area contributed by atoms with Crippen LogP contribution >= 0.6 is 0 Å². The summed E-state index contributed by atoms with van der Waals surface area (Å²) in [5.41, 5.74) is 4.73. The monoisotopic (exact) mass is 135 g/mol. The lowest BCUT2D eigenvalue weighted by atomic mass is 10.4.